The minimum atomic E-state index is -3.66. The monoisotopic (exact) mass is 420 g/mol. The number of amides is 1. The summed E-state index contributed by atoms with van der Waals surface area (Å²) in [6.07, 6.45) is 4.81. The predicted molar refractivity (Wildman–Crippen MR) is 111 cm³/mol. The average molecular weight is 421 g/mol. The number of fused-ring (bicyclic) bond motifs is 2. The molecule has 0 radical (unpaired) electrons. The van der Waals surface area contributed by atoms with Crippen LogP contribution in [-0.2, 0) is 14.8 Å². The van der Waals surface area contributed by atoms with Crippen molar-refractivity contribution in [2.24, 2.45) is 17.8 Å². The zero-order valence-corrected chi connectivity index (χ0v) is 18.3. The Hall–Kier alpha value is -1.44. The fourth-order valence-corrected chi connectivity index (χ4v) is 7.21. The van der Waals surface area contributed by atoms with E-state index in [4.69, 9.17) is 4.74 Å². The van der Waals surface area contributed by atoms with Crippen LogP contribution in [0.25, 0.3) is 0 Å². The third-order valence-electron chi connectivity index (χ3n) is 6.91. The Labute approximate surface area is 174 Å². The lowest BCUT2D eigenvalue weighted by Crippen LogP contribution is -2.48. The van der Waals surface area contributed by atoms with Crippen molar-refractivity contribution in [1.82, 2.24) is 9.62 Å². The molecule has 0 unspecified atom stereocenters. The zero-order valence-electron chi connectivity index (χ0n) is 17.5. The normalized spacial score (nSPS) is 33.6. The molecule has 7 heteroatoms. The van der Waals surface area contributed by atoms with Crippen LogP contribution in [0.15, 0.2) is 29.2 Å². The zero-order chi connectivity index (χ0) is 20.8. The predicted octanol–water partition coefficient (Wildman–Crippen LogP) is 3.04. The third-order valence-corrected chi connectivity index (χ3v) is 8.74. The number of hydrogen-bond acceptors (Lipinski definition) is 4. The van der Waals surface area contributed by atoms with Crippen LogP contribution < -0.4 is 5.32 Å². The van der Waals surface area contributed by atoms with Gasteiger partial charge in [0.1, 0.15) is 0 Å². The molecule has 1 heterocycles. The van der Waals surface area contributed by atoms with E-state index in [9.17, 15) is 13.2 Å². The Morgan fingerprint density at radius 3 is 2.52 bits per heavy atom. The Kier molecular flexibility index (Phi) is 5.75. The Bertz CT molecular complexity index is 861. The highest BCUT2D eigenvalue weighted by molar-refractivity contribution is 7.89. The molecule has 3 fully saturated rings. The molecule has 1 saturated heterocycles. The molecule has 1 aromatic rings. The van der Waals surface area contributed by atoms with E-state index < -0.39 is 10.0 Å². The van der Waals surface area contributed by atoms with E-state index in [1.807, 2.05) is 13.8 Å². The molecule has 29 heavy (non-hydrogen) atoms. The lowest BCUT2D eigenvalue weighted by molar-refractivity contribution is -0.0440. The highest BCUT2D eigenvalue weighted by atomic mass is 32.2. The minimum Gasteiger partial charge on any atom is -0.373 e. The number of morpholine rings is 1. The first-order valence-corrected chi connectivity index (χ1v) is 12.2. The van der Waals surface area contributed by atoms with Gasteiger partial charge in [0.15, 0.2) is 0 Å². The Morgan fingerprint density at radius 2 is 1.90 bits per heavy atom. The molecule has 0 aromatic heterocycles. The first kappa shape index (κ1) is 20.8. The molecule has 1 amide bonds. The molecule has 0 spiro atoms. The highest BCUT2D eigenvalue weighted by Crippen LogP contribution is 2.49. The minimum absolute atomic E-state index is 0.110. The molecule has 2 bridgehead atoms. The number of nitrogens with one attached hydrogen (secondary N) is 1. The number of rotatable bonds is 5. The molecule has 6 nitrogen and oxygen atoms in total. The molecule has 2 saturated carbocycles. The van der Waals surface area contributed by atoms with Gasteiger partial charge in [-0.3, -0.25) is 4.79 Å². The van der Waals surface area contributed by atoms with E-state index >= 15 is 0 Å². The van der Waals surface area contributed by atoms with Crippen molar-refractivity contribution in [3.05, 3.63) is 29.8 Å². The summed E-state index contributed by atoms with van der Waals surface area (Å²) in [5, 5.41) is 3.13. The van der Waals surface area contributed by atoms with Crippen molar-refractivity contribution in [3.8, 4) is 0 Å². The van der Waals surface area contributed by atoms with Gasteiger partial charge in [0.2, 0.25) is 10.0 Å². The quantitative estimate of drug-likeness (QED) is 0.794. The van der Waals surface area contributed by atoms with Crippen molar-refractivity contribution in [3.63, 3.8) is 0 Å². The van der Waals surface area contributed by atoms with Gasteiger partial charge in [-0.25, -0.2) is 8.42 Å². The van der Waals surface area contributed by atoms with Crippen molar-refractivity contribution < 1.29 is 17.9 Å². The van der Waals surface area contributed by atoms with Gasteiger partial charge in [0.05, 0.1) is 17.1 Å². The van der Waals surface area contributed by atoms with Crippen LogP contribution in [0.5, 0.6) is 0 Å². The lowest BCUT2D eigenvalue weighted by atomic mass is 9.84. The first-order chi connectivity index (χ1) is 13.7. The molecular formula is C22H32N2O4S. The van der Waals surface area contributed by atoms with Crippen molar-refractivity contribution in [1.29, 1.82) is 0 Å². The van der Waals surface area contributed by atoms with Gasteiger partial charge in [-0.05, 0) is 76.0 Å². The third kappa shape index (κ3) is 4.23. The number of carbonyl (C=O) groups is 1. The molecule has 160 valence electrons. The van der Waals surface area contributed by atoms with Crippen LogP contribution in [0, 0.1) is 17.8 Å². The molecule has 2 aliphatic carbocycles. The molecule has 1 aliphatic heterocycles. The van der Waals surface area contributed by atoms with Gasteiger partial charge in [0, 0.05) is 24.7 Å². The average Bonchev–Trinajstić information content (AvgIpc) is 3.31. The number of sulfonamides is 1. The Morgan fingerprint density at radius 1 is 1.17 bits per heavy atom. The van der Waals surface area contributed by atoms with E-state index in [0.29, 0.717) is 24.6 Å². The fraction of sp³-hybridized carbons (Fsp3) is 0.682. The summed E-state index contributed by atoms with van der Waals surface area (Å²) in [4.78, 5) is 13.0. The van der Waals surface area contributed by atoms with Crippen molar-refractivity contribution in [2.75, 3.05) is 13.1 Å². The number of nitrogens with zero attached hydrogens (tertiary/aromatic N) is 1. The maximum atomic E-state index is 13.1. The van der Waals surface area contributed by atoms with Crippen LogP contribution in [0.1, 0.15) is 56.8 Å². The van der Waals surface area contributed by atoms with Gasteiger partial charge in [-0.1, -0.05) is 12.5 Å². The van der Waals surface area contributed by atoms with E-state index in [-0.39, 0.29) is 29.1 Å². The Balaban J connectivity index is 1.47. The van der Waals surface area contributed by atoms with Crippen LogP contribution >= 0.6 is 0 Å². The van der Waals surface area contributed by atoms with Crippen LogP contribution in [0.2, 0.25) is 0 Å². The summed E-state index contributed by atoms with van der Waals surface area (Å²) in [5.74, 6) is 1.91. The van der Waals surface area contributed by atoms with Gasteiger partial charge < -0.3 is 10.1 Å². The number of carbonyl (C=O) groups excluding carboxylic acids is 1. The lowest BCUT2D eigenvalue weighted by Gasteiger charge is -2.34. The summed E-state index contributed by atoms with van der Waals surface area (Å²) in [7, 11) is -3.66. The van der Waals surface area contributed by atoms with Gasteiger partial charge in [-0.2, -0.15) is 4.31 Å². The van der Waals surface area contributed by atoms with Crippen molar-refractivity contribution >= 4 is 15.9 Å². The molecule has 3 aliphatic rings. The molecule has 1 aromatic carbocycles. The topological polar surface area (TPSA) is 75.7 Å². The summed E-state index contributed by atoms with van der Waals surface area (Å²) in [6.45, 7) is 6.48. The first-order valence-electron chi connectivity index (χ1n) is 10.8. The van der Waals surface area contributed by atoms with Gasteiger partial charge in [0.25, 0.3) is 5.91 Å². The maximum absolute atomic E-state index is 13.1. The molecule has 6 atom stereocenters. The fourth-order valence-electron chi connectivity index (χ4n) is 5.58. The molecular weight excluding hydrogens is 388 g/mol. The molecule has 4 rings (SSSR count). The largest absolute Gasteiger partial charge is 0.373 e. The highest BCUT2D eigenvalue weighted by Gasteiger charge is 2.42. The smallest absolute Gasteiger partial charge is 0.251 e. The van der Waals surface area contributed by atoms with Crippen LogP contribution in [-0.4, -0.2) is 50.0 Å². The van der Waals surface area contributed by atoms with Crippen LogP contribution in [0.4, 0.5) is 0 Å². The summed E-state index contributed by atoms with van der Waals surface area (Å²) in [5.41, 5.74) is 0.399. The second-order valence-electron chi connectivity index (χ2n) is 9.21. The summed E-state index contributed by atoms with van der Waals surface area (Å²) < 4.78 is 33.3. The molecule has 1 N–H and O–H groups in total. The summed E-state index contributed by atoms with van der Waals surface area (Å²) >= 11 is 0. The second-order valence-corrected chi connectivity index (χ2v) is 11.1. The second kappa shape index (κ2) is 8.00. The van der Waals surface area contributed by atoms with Crippen molar-refractivity contribution in [2.45, 2.75) is 69.6 Å². The maximum Gasteiger partial charge on any atom is 0.251 e. The number of hydrogen-bond donors (Lipinski definition) is 1. The van der Waals surface area contributed by atoms with Crippen LogP contribution in [0.3, 0.4) is 0 Å². The van der Waals surface area contributed by atoms with E-state index in [0.717, 1.165) is 11.8 Å². The van der Waals surface area contributed by atoms with Gasteiger partial charge >= 0.3 is 0 Å². The van der Waals surface area contributed by atoms with E-state index in [2.05, 4.69) is 12.2 Å². The summed E-state index contributed by atoms with van der Waals surface area (Å²) in [6, 6.07) is 6.52. The standard InChI is InChI=1S/C22H32N2O4S/c1-14-12-24(13-15(2)28-14)29(26,27)20-6-4-5-19(11-20)22(25)23-16(3)21-10-17-7-8-18(21)9-17/h4-6,11,14-18,21H,7-10,12-13H2,1-3H3,(H,23,25)/t14-,15-,16-,17+,18+,21-/m0/s1. The van der Waals surface area contributed by atoms with Gasteiger partial charge in [-0.15, -0.1) is 0 Å². The number of ether oxygens (including phenoxy) is 1. The van der Waals surface area contributed by atoms with E-state index in [1.54, 1.807) is 18.2 Å². The SMILES string of the molecule is C[C@H](NC(=O)c1cccc(S(=O)(=O)N2C[C@H](C)O[C@@H](C)C2)c1)[C@@H]1C[C@@H]2CC[C@@H]1C2. The van der Waals surface area contributed by atoms with E-state index in [1.165, 1.54) is 36.1 Å². The number of benzene rings is 1.